The number of hydrogen-bond acceptors (Lipinski definition) is 5. The summed E-state index contributed by atoms with van der Waals surface area (Å²) in [4.78, 5) is -0.699. The second-order valence-corrected chi connectivity index (χ2v) is 2.90. The van der Waals surface area contributed by atoms with Crippen LogP contribution in [0.4, 0.5) is 0 Å². The molecule has 0 aliphatic rings. The van der Waals surface area contributed by atoms with Crippen molar-refractivity contribution in [3.8, 4) is 0 Å². The molecule has 0 aromatic heterocycles. The minimum Gasteiger partial charge on any atom is -0.744 e. The van der Waals surface area contributed by atoms with E-state index in [-0.39, 0.29) is 29.6 Å². The Hall–Kier alpha value is 0.570. The van der Waals surface area contributed by atoms with Crippen LogP contribution >= 0.6 is 0 Å². The Morgan fingerprint density at radius 3 is 2.00 bits per heavy atom. The van der Waals surface area contributed by atoms with E-state index in [1.165, 1.54) is 0 Å². The minimum absolute atomic E-state index is 0. The van der Waals surface area contributed by atoms with Crippen LogP contribution in [0.5, 0.6) is 0 Å². The largest absolute Gasteiger partial charge is 1.00 e. The predicted molar refractivity (Wildman–Crippen MR) is 32.0 cm³/mol. The molecule has 0 fully saturated rings. The van der Waals surface area contributed by atoms with E-state index in [1.807, 2.05) is 0 Å². The summed E-state index contributed by atoms with van der Waals surface area (Å²) in [6, 6.07) is 0. The first-order chi connectivity index (χ1) is 4.52. The van der Waals surface area contributed by atoms with Gasteiger partial charge in [-0.2, -0.15) is 0 Å². The van der Waals surface area contributed by atoms with Gasteiger partial charge in [-0.15, -0.1) is 0 Å². The van der Waals surface area contributed by atoms with Crippen LogP contribution in [0.2, 0.25) is 0 Å². The van der Waals surface area contributed by atoms with Gasteiger partial charge in [-0.1, -0.05) is 0 Å². The van der Waals surface area contributed by atoms with Gasteiger partial charge in [0.1, 0.15) is 10.1 Å². The standard InChI is InChI=1S/C4H8O5S.Na/c5-2-1-4(3-6)10(7,8)9;/h1,5-6H,2-3H2,(H,7,8,9);/q;+1/p-1/b4-1-;. The molecule has 0 bridgehead atoms. The summed E-state index contributed by atoms with van der Waals surface area (Å²) < 4.78 is 30.2. The minimum atomic E-state index is -4.58. The first-order valence-electron chi connectivity index (χ1n) is 2.39. The zero-order chi connectivity index (χ0) is 8.20. The SMILES string of the molecule is O=S(=O)([O-])/C(=C\CO)CO.[Na+]. The monoisotopic (exact) mass is 190 g/mol. The zero-order valence-electron chi connectivity index (χ0n) is 6.02. The Balaban J connectivity index is 0. The van der Waals surface area contributed by atoms with Crippen LogP contribution in [0.15, 0.2) is 11.0 Å². The molecular weight excluding hydrogens is 183 g/mol. The van der Waals surface area contributed by atoms with E-state index in [0.717, 1.165) is 6.08 Å². The van der Waals surface area contributed by atoms with Crippen molar-refractivity contribution >= 4 is 10.1 Å². The van der Waals surface area contributed by atoms with Crippen molar-refractivity contribution in [2.24, 2.45) is 0 Å². The fourth-order valence-corrected chi connectivity index (χ4v) is 0.784. The fraction of sp³-hybridized carbons (Fsp3) is 0.500. The fourth-order valence-electron chi connectivity index (χ4n) is 0.347. The molecule has 0 rings (SSSR count). The molecule has 0 heterocycles. The molecule has 0 saturated heterocycles. The summed E-state index contributed by atoms with van der Waals surface area (Å²) in [7, 11) is -4.58. The number of hydrogen-bond donors (Lipinski definition) is 2. The van der Waals surface area contributed by atoms with E-state index in [4.69, 9.17) is 10.2 Å². The molecule has 11 heavy (non-hydrogen) atoms. The molecule has 0 radical (unpaired) electrons. The summed E-state index contributed by atoms with van der Waals surface area (Å²) in [5.74, 6) is 0. The molecule has 60 valence electrons. The van der Waals surface area contributed by atoms with Gasteiger partial charge in [0.15, 0.2) is 0 Å². The molecular formula is C4H7NaO5S. The third-order valence-corrected chi connectivity index (χ3v) is 1.73. The van der Waals surface area contributed by atoms with E-state index in [2.05, 4.69) is 0 Å². The molecule has 7 heteroatoms. The molecule has 0 atom stereocenters. The Morgan fingerprint density at radius 1 is 1.45 bits per heavy atom. The van der Waals surface area contributed by atoms with Gasteiger partial charge >= 0.3 is 29.6 Å². The van der Waals surface area contributed by atoms with Gasteiger partial charge in [0.2, 0.25) is 0 Å². The van der Waals surface area contributed by atoms with Crippen molar-refractivity contribution in [1.82, 2.24) is 0 Å². The summed E-state index contributed by atoms with van der Waals surface area (Å²) in [5, 5.41) is 16.4. The van der Waals surface area contributed by atoms with Crippen molar-refractivity contribution in [2.45, 2.75) is 0 Å². The van der Waals surface area contributed by atoms with E-state index in [9.17, 15) is 13.0 Å². The first kappa shape index (κ1) is 14.1. The molecule has 0 aliphatic heterocycles. The van der Waals surface area contributed by atoms with Crippen LogP contribution in [-0.2, 0) is 10.1 Å². The average Bonchev–Trinajstić information content (AvgIpc) is 1.80. The van der Waals surface area contributed by atoms with Gasteiger partial charge in [-0.05, 0) is 6.08 Å². The van der Waals surface area contributed by atoms with Crippen molar-refractivity contribution in [1.29, 1.82) is 0 Å². The molecule has 0 aromatic rings. The molecule has 0 spiro atoms. The van der Waals surface area contributed by atoms with Crippen molar-refractivity contribution in [2.75, 3.05) is 13.2 Å². The second-order valence-electron chi connectivity index (χ2n) is 1.47. The van der Waals surface area contributed by atoms with E-state index < -0.39 is 28.2 Å². The zero-order valence-corrected chi connectivity index (χ0v) is 8.84. The van der Waals surface area contributed by atoms with Crippen LogP contribution in [0.25, 0.3) is 0 Å². The molecule has 0 aliphatic carbocycles. The van der Waals surface area contributed by atoms with Gasteiger partial charge < -0.3 is 14.8 Å². The van der Waals surface area contributed by atoms with Crippen molar-refractivity contribution in [3.05, 3.63) is 11.0 Å². The van der Waals surface area contributed by atoms with Gasteiger partial charge in [0.05, 0.1) is 18.1 Å². The quantitative estimate of drug-likeness (QED) is 0.345. The third-order valence-electron chi connectivity index (χ3n) is 0.796. The molecule has 0 unspecified atom stereocenters. The van der Waals surface area contributed by atoms with Crippen molar-refractivity contribution in [3.63, 3.8) is 0 Å². The van der Waals surface area contributed by atoms with Crippen molar-refractivity contribution < 1.29 is 52.7 Å². The predicted octanol–water partition coefficient (Wildman–Crippen LogP) is -4.60. The molecule has 5 nitrogen and oxygen atoms in total. The summed E-state index contributed by atoms with van der Waals surface area (Å²) in [5.41, 5.74) is 0. The van der Waals surface area contributed by atoms with Crippen LogP contribution in [0.1, 0.15) is 0 Å². The van der Waals surface area contributed by atoms with E-state index in [1.54, 1.807) is 0 Å². The molecule has 2 N–H and O–H groups in total. The maximum absolute atomic E-state index is 10.1. The van der Waals surface area contributed by atoms with E-state index in [0.29, 0.717) is 0 Å². The average molecular weight is 190 g/mol. The number of rotatable bonds is 3. The first-order valence-corrected chi connectivity index (χ1v) is 3.80. The molecule has 0 saturated carbocycles. The van der Waals surface area contributed by atoms with Gasteiger partial charge in [0, 0.05) is 0 Å². The smallest absolute Gasteiger partial charge is 0.744 e. The van der Waals surface area contributed by atoms with E-state index >= 15 is 0 Å². The second kappa shape index (κ2) is 6.13. The van der Waals surface area contributed by atoms with Gasteiger partial charge in [-0.25, -0.2) is 8.42 Å². The molecule has 0 aromatic carbocycles. The number of aliphatic hydroxyl groups excluding tert-OH is 2. The Bertz CT molecular complexity index is 219. The van der Waals surface area contributed by atoms with Gasteiger partial charge in [0.25, 0.3) is 0 Å². The normalized spacial score (nSPS) is 12.5. The summed E-state index contributed by atoms with van der Waals surface area (Å²) in [6.45, 7) is -1.44. The maximum atomic E-state index is 10.1. The Morgan fingerprint density at radius 2 is 1.91 bits per heavy atom. The van der Waals surface area contributed by atoms with Crippen LogP contribution in [-0.4, -0.2) is 36.4 Å². The molecule has 0 amide bonds. The maximum Gasteiger partial charge on any atom is 1.00 e. The Labute approximate surface area is 86.8 Å². The third kappa shape index (κ3) is 5.80. The van der Waals surface area contributed by atoms with Crippen LogP contribution in [0.3, 0.4) is 0 Å². The Kier molecular flexibility index (Phi) is 7.86. The topological polar surface area (TPSA) is 97.7 Å². The summed E-state index contributed by atoms with van der Waals surface area (Å²) >= 11 is 0. The van der Waals surface area contributed by atoms with Gasteiger partial charge in [-0.3, -0.25) is 0 Å². The van der Waals surface area contributed by atoms with Crippen LogP contribution < -0.4 is 29.6 Å². The summed E-state index contributed by atoms with van der Waals surface area (Å²) in [6.07, 6.45) is 0.752. The van der Waals surface area contributed by atoms with Crippen LogP contribution in [0, 0.1) is 0 Å². The number of aliphatic hydroxyl groups is 2.